The fourth-order valence-corrected chi connectivity index (χ4v) is 3.43. The van der Waals surface area contributed by atoms with Gasteiger partial charge in [-0.15, -0.1) is 0 Å². The van der Waals surface area contributed by atoms with Gasteiger partial charge in [-0.25, -0.2) is 0 Å². The van der Waals surface area contributed by atoms with Crippen molar-refractivity contribution in [1.29, 1.82) is 0 Å². The highest BCUT2D eigenvalue weighted by Gasteiger charge is 2.20. The first-order valence-corrected chi connectivity index (χ1v) is 10.4. The molecule has 5 nitrogen and oxygen atoms in total. The highest BCUT2D eigenvalue weighted by atomic mass is 79.9. The maximum absolute atomic E-state index is 12.5. The Morgan fingerprint density at radius 3 is 2.20 bits per heavy atom. The van der Waals surface area contributed by atoms with Crippen molar-refractivity contribution in [2.24, 2.45) is 7.05 Å². The molecule has 0 aliphatic rings. The first-order chi connectivity index (χ1) is 11.9. The number of aryl methyl sites for hydroxylation is 1. The molecule has 0 aliphatic heterocycles. The minimum atomic E-state index is -0.106. The molecule has 25 heavy (non-hydrogen) atoms. The minimum Gasteiger partial charge on any atom is -0.347 e. The zero-order valence-electron chi connectivity index (χ0n) is 16.6. The number of carbonyl (C=O) groups excluding carboxylic acids is 1. The van der Waals surface area contributed by atoms with Gasteiger partial charge in [0.1, 0.15) is 0 Å². The molecule has 1 heterocycles. The van der Waals surface area contributed by atoms with Gasteiger partial charge in [-0.2, -0.15) is 5.10 Å². The van der Waals surface area contributed by atoms with Gasteiger partial charge in [0, 0.05) is 19.6 Å². The van der Waals surface area contributed by atoms with Gasteiger partial charge in [-0.1, -0.05) is 39.5 Å². The third-order valence-corrected chi connectivity index (χ3v) is 5.49. The molecule has 1 N–H and O–H groups in total. The van der Waals surface area contributed by atoms with E-state index in [0.29, 0.717) is 5.69 Å². The van der Waals surface area contributed by atoms with E-state index in [9.17, 15) is 4.79 Å². The first-order valence-electron chi connectivity index (χ1n) is 9.62. The molecule has 0 aliphatic carbocycles. The van der Waals surface area contributed by atoms with Gasteiger partial charge in [-0.3, -0.25) is 9.48 Å². The van der Waals surface area contributed by atoms with E-state index >= 15 is 0 Å². The van der Waals surface area contributed by atoms with E-state index in [1.54, 1.807) is 4.68 Å². The molecule has 1 atom stereocenters. The predicted octanol–water partition coefficient (Wildman–Crippen LogP) is 4.29. The Labute approximate surface area is 161 Å². The summed E-state index contributed by atoms with van der Waals surface area (Å²) in [7, 11) is 1.85. The van der Waals surface area contributed by atoms with E-state index in [2.05, 4.69) is 52.0 Å². The largest absolute Gasteiger partial charge is 0.347 e. The molecule has 144 valence electrons. The maximum Gasteiger partial charge on any atom is 0.273 e. The van der Waals surface area contributed by atoms with Crippen LogP contribution in [0.2, 0.25) is 0 Å². The fourth-order valence-electron chi connectivity index (χ4n) is 2.92. The number of amides is 1. The van der Waals surface area contributed by atoms with Gasteiger partial charge in [-0.05, 0) is 55.7 Å². The second-order valence-corrected chi connectivity index (χ2v) is 7.75. The number of aromatic nitrogens is 2. The molecule has 0 unspecified atom stereocenters. The number of rotatable bonds is 12. The average Bonchev–Trinajstić information content (AvgIpc) is 2.82. The first kappa shape index (κ1) is 22.2. The Bertz CT molecular complexity index is 520. The van der Waals surface area contributed by atoms with Gasteiger partial charge >= 0.3 is 0 Å². The lowest BCUT2D eigenvalue weighted by Crippen LogP contribution is -2.43. The summed E-state index contributed by atoms with van der Waals surface area (Å²) in [5, 5.41) is 7.41. The Balaban J connectivity index is 2.57. The van der Waals surface area contributed by atoms with Gasteiger partial charge in [0.15, 0.2) is 5.69 Å². The molecular formula is C19H35BrN4O. The van der Waals surface area contributed by atoms with Crippen molar-refractivity contribution in [3.8, 4) is 0 Å². The van der Waals surface area contributed by atoms with E-state index in [1.165, 1.54) is 38.5 Å². The second kappa shape index (κ2) is 11.7. The van der Waals surface area contributed by atoms with E-state index in [0.717, 1.165) is 29.8 Å². The smallest absolute Gasteiger partial charge is 0.273 e. The lowest BCUT2D eigenvalue weighted by Gasteiger charge is -2.26. The van der Waals surface area contributed by atoms with E-state index in [4.69, 9.17) is 0 Å². The summed E-state index contributed by atoms with van der Waals surface area (Å²) in [6.45, 7) is 11.6. The van der Waals surface area contributed by atoms with Crippen LogP contribution in [0.25, 0.3) is 0 Å². The number of carbonyl (C=O) groups is 1. The van der Waals surface area contributed by atoms with Crippen molar-refractivity contribution < 1.29 is 4.79 Å². The zero-order valence-corrected chi connectivity index (χ0v) is 18.2. The molecular weight excluding hydrogens is 380 g/mol. The van der Waals surface area contributed by atoms with Crippen LogP contribution in [0.4, 0.5) is 0 Å². The topological polar surface area (TPSA) is 50.2 Å². The summed E-state index contributed by atoms with van der Waals surface area (Å²) < 4.78 is 2.51. The molecule has 0 radical (unpaired) electrons. The Morgan fingerprint density at radius 1 is 1.20 bits per heavy atom. The van der Waals surface area contributed by atoms with E-state index < -0.39 is 0 Å². The summed E-state index contributed by atoms with van der Waals surface area (Å²) in [6.07, 6.45) is 7.48. The molecule has 6 heteroatoms. The van der Waals surface area contributed by atoms with Crippen LogP contribution < -0.4 is 5.32 Å². The fraction of sp³-hybridized carbons (Fsp3) is 0.789. The highest BCUT2D eigenvalue weighted by molar-refractivity contribution is 9.10. The zero-order chi connectivity index (χ0) is 18.8. The highest BCUT2D eigenvalue weighted by Crippen LogP contribution is 2.20. The molecule has 1 aromatic heterocycles. The van der Waals surface area contributed by atoms with Crippen molar-refractivity contribution >= 4 is 21.8 Å². The summed E-state index contributed by atoms with van der Waals surface area (Å²) in [5.41, 5.74) is 1.42. The number of nitrogens with zero attached hydrogens (tertiary/aromatic N) is 3. The molecule has 0 saturated carbocycles. The standard InChI is InChI=1S/C19H35BrN4O/c1-6-8-10-12-24(13-11-9-7-2)14-15(3)21-19(25)18-17(20)16(4)23(5)22-18/h15H,6-14H2,1-5H3,(H,21,25)/t15-/m1/s1. The second-order valence-electron chi connectivity index (χ2n) is 6.96. The average molecular weight is 415 g/mol. The van der Waals surface area contributed by atoms with Crippen LogP contribution in [0, 0.1) is 6.92 Å². The van der Waals surface area contributed by atoms with Crippen LogP contribution >= 0.6 is 15.9 Å². The molecule has 0 bridgehead atoms. The van der Waals surface area contributed by atoms with Gasteiger partial charge < -0.3 is 10.2 Å². The van der Waals surface area contributed by atoms with Crippen molar-refractivity contribution in [3.63, 3.8) is 0 Å². The molecule has 1 rings (SSSR count). The minimum absolute atomic E-state index is 0.102. The van der Waals surface area contributed by atoms with Crippen LogP contribution in [0.5, 0.6) is 0 Å². The van der Waals surface area contributed by atoms with Crippen molar-refractivity contribution in [3.05, 3.63) is 15.9 Å². The normalized spacial score (nSPS) is 12.6. The van der Waals surface area contributed by atoms with Crippen LogP contribution in [-0.4, -0.2) is 46.3 Å². The predicted molar refractivity (Wildman–Crippen MR) is 108 cm³/mol. The quantitative estimate of drug-likeness (QED) is 0.518. The van der Waals surface area contributed by atoms with Crippen LogP contribution in [-0.2, 0) is 7.05 Å². The Hall–Kier alpha value is -0.880. The summed E-state index contributed by atoms with van der Waals surface area (Å²) in [4.78, 5) is 15.0. The SMILES string of the molecule is CCCCCN(CCCCC)C[C@@H](C)NC(=O)c1nn(C)c(C)c1Br. The van der Waals surface area contributed by atoms with Crippen LogP contribution in [0.1, 0.15) is 75.5 Å². The maximum atomic E-state index is 12.5. The van der Waals surface area contributed by atoms with Gasteiger partial charge in [0.05, 0.1) is 10.2 Å². The number of halogens is 1. The van der Waals surface area contributed by atoms with Crippen LogP contribution in [0.3, 0.4) is 0 Å². The summed E-state index contributed by atoms with van der Waals surface area (Å²) in [6, 6.07) is 0.102. The number of hydrogen-bond donors (Lipinski definition) is 1. The number of nitrogens with one attached hydrogen (secondary N) is 1. The van der Waals surface area contributed by atoms with E-state index in [1.807, 2.05) is 14.0 Å². The van der Waals surface area contributed by atoms with Gasteiger partial charge in [0.2, 0.25) is 0 Å². The molecule has 0 saturated heterocycles. The lowest BCUT2D eigenvalue weighted by atomic mass is 10.2. The third-order valence-electron chi connectivity index (χ3n) is 4.54. The summed E-state index contributed by atoms with van der Waals surface area (Å²) in [5.74, 6) is -0.106. The number of hydrogen-bond acceptors (Lipinski definition) is 3. The number of unbranched alkanes of at least 4 members (excludes halogenated alkanes) is 4. The third kappa shape index (κ3) is 7.48. The molecule has 0 fully saturated rings. The van der Waals surface area contributed by atoms with Crippen molar-refractivity contribution in [2.45, 2.75) is 72.3 Å². The van der Waals surface area contributed by atoms with Gasteiger partial charge in [0.25, 0.3) is 5.91 Å². The molecule has 1 amide bonds. The molecule has 0 spiro atoms. The van der Waals surface area contributed by atoms with Crippen molar-refractivity contribution in [1.82, 2.24) is 20.0 Å². The lowest BCUT2D eigenvalue weighted by molar-refractivity contribution is 0.0922. The monoisotopic (exact) mass is 414 g/mol. The molecule has 1 aromatic rings. The van der Waals surface area contributed by atoms with Crippen molar-refractivity contribution in [2.75, 3.05) is 19.6 Å². The Kier molecular flexibility index (Phi) is 10.4. The van der Waals surface area contributed by atoms with E-state index in [-0.39, 0.29) is 11.9 Å². The molecule has 0 aromatic carbocycles. The Morgan fingerprint density at radius 2 is 1.76 bits per heavy atom. The van der Waals surface area contributed by atoms with Crippen LogP contribution in [0.15, 0.2) is 4.47 Å². The summed E-state index contributed by atoms with van der Waals surface area (Å²) >= 11 is 3.47.